The zero-order valence-electron chi connectivity index (χ0n) is 12.8. The minimum atomic E-state index is -0.399. The zero-order chi connectivity index (χ0) is 15.6. The summed E-state index contributed by atoms with van der Waals surface area (Å²) in [5.74, 6) is -0.313. The van der Waals surface area contributed by atoms with Gasteiger partial charge in [0.1, 0.15) is 0 Å². The Bertz CT molecular complexity index is 863. The highest BCUT2D eigenvalue weighted by atomic mass is 16.7. The first-order valence-corrected chi connectivity index (χ1v) is 8.05. The lowest BCUT2D eigenvalue weighted by Gasteiger charge is -2.22. The fraction of sp³-hybridized carbons (Fsp3) is 0.250. The van der Waals surface area contributed by atoms with E-state index in [1.807, 2.05) is 30.3 Å². The van der Waals surface area contributed by atoms with Gasteiger partial charge < -0.3 is 9.47 Å². The molecular formula is C20H18O3. The second-order valence-corrected chi connectivity index (χ2v) is 5.96. The molecule has 4 rings (SSSR count). The lowest BCUT2D eigenvalue weighted by atomic mass is 10.0. The van der Waals surface area contributed by atoms with Crippen LogP contribution in [-0.4, -0.2) is 18.9 Å². The first-order valence-electron chi connectivity index (χ1n) is 8.05. The van der Waals surface area contributed by atoms with Gasteiger partial charge >= 0.3 is 5.97 Å². The summed E-state index contributed by atoms with van der Waals surface area (Å²) in [5, 5.41) is 4.53. The number of fused-ring (bicyclic) bond motifs is 2. The van der Waals surface area contributed by atoms with Gasteiger partial charge in [-0.05, 0) is 58.7 Å². The molecule has 0 saturated carbocycles. The molecule has 1 aliphatic heterocycles. The molecule has 1 saturated heterocycles. The number of ether oxygens (including phenoxy) is 2. The van der Waals surface area contributed by atoms with Gasteiger partial charge in [-0.2, -0.15) is 0 Å². The SMILES string of the molecule is O=C(OC1CCCCO1)c1ccc2cc3ccccc3cc2c1. The van der Waals surface area contributed by atoms with Crippen LogP contribution in [0.4, 0.5) is 0 Å². The smallest absolute Gasteiger partial charge is 0.340 e. The largest absolute Gasteiger partial charge is 0.432 e. The molecule has 116 valence electrons. The molecule has 0 aliphatic carbocycles. The predicted octanol–water partition coefficient (Wildman–Crippen LogP) is 4.68. The van der Waals surface area contributed by atoms with Crippen molar-refractivity contribution < 1.29 is 14.3 Å². The van der Waals surface area contributed by atoms with E-state index in [-0.39, 0.29) is 5.97 Å². The molecule has 1 heterocycles. The number of hydrogen-bond donors (Lipinski definition) is 0. The average molecular weight is 306 g/mol. The number of hydrogen-bond acceptors (Lipinski definition) is 3. The first kappa shape index (κ1) is 14.2. The monoisotopic (exact) mass is 306 g/mol. The highest BCUT2D eigenvalue weighted by Crippen LogP contribution is 2.24. The van der Waals surface area contributed by atoms with Gasteiger partial charge in [-0.3, -0.25) is 0 Å². The van der Waals surface area contributed by atoms with Crippen LogP contribution in [0.3, 0.4) is 0 Å². The third-order valence-electron chi connectivity index (χ3n) is 4.32. The van der Waals surface area contributed by atoms with E-state index in [0.29, 0.717) is 12.2 Å². The molecule has 0 bridgehead atoms. The molecule has 0 N–H and O–H groups in total. The third kappa shape index (κ3) is 2.92. The summed E-state index contributed by atoms with van der Waals surface area (Å²) in [6.07, 6.45) is 2.46. The maximum atomic E-state index is 12.3. The van der Waals surface area contributed by atoms with Gasteiger partial charge in [0.25, 0.3) is 0 Å². The Morgan fingerprint density at radius 2 is 1.65 bits per heavy atom. The van der Waals surface area contributed by atoms with Crippen LogP contribution in [-0.2, 0) is 9.47 Å². The first-order chi connectivity index (χ1) is 11.3. The molecule has 0 radical (unpaired) electrons. The third-order valence-corrected chi connectivity index (χ3v) is 4.32. The van der Waals surface area contributed by atoms with E-state index in [4.69, 9.17) is 9.47 Å². The van der Waals surface area contributed by atoms with Crippen LogP contribution in [0.1, 0.15) is 29.6 Å². The Labute approximate surface area is 134 Å². The fourth-order valence-corrected chi connectivity index (χ4v) is 3.06. The van der Waals surface area contributed by atoms with E-state index in [1.165, 1.54) is 10.8 Å². The number of benzene rings is 3. The molecule has 1 atom stereocenters. The van der Waals surface area contributed by atoms with Gasteiger partial charge in [0, 0.05) is 6.42 Å². The van der Waals surface area contributed by atoms with Crippen LogP contribution < -0.4 is 0 Å². The molecule has 0 aromatic heterocycles. The summed E-state index contributed by atoms with van der Waals surface area (Å²) < 4.78 is 10.9. The quantitative estimate of drug-likeness (QED) is 0.509. The molecule has 3 aromatic carbocycles. The lowest BCUT2D eigenvalue weighted by molar-refractivity contribution is -0.130. The van der Waals surface area contributed by atoms with Gasteiger partial charge in [-0.25, -0.2) is 4.79 Å². The van der Waals surface area contributed by atoms with E-state index in [0.717, 1.165) is 30.0 Å². The van der Waals surface area contributed by atoms with Crippen molar-refractivity contribution in [2.45, 2.75) is 25.6 Å². The van der Waals surface area contributed by atoms with Gasteiger partial charge in [0.15, 0.2) is 0 Å². The van der Waals surface area contributed by atoms with Crippen LogP contribution in [0, 0.1) is 0 Å². The molecule has 3 nitrogen and oxygen atoms in total. The summed E-state index contributed by atoms with van der Waals surface area (Å²) >= 11 is 0. The molecule has 3 heteroatoms. The minimum Gasteiger partial charge on any atom is -0.432 e. The van der Waals surface area contributed by atoms with Crippen LogP contribution in [0.2, 0.25) is 0 Å². The summed E-state index contributed by atoms with van der Waals surface area (Å²) in [4.78, 5) is 12.3. The molecule has 0 amide bonds. The highest BCUT2D eigenvalue weighted by molar-refractivity contribution is 6.01. The number of rotatable bonds is 2. The van der Waals surface area contributed by atoms with Crippen molar-refractivity contribution in [3.05, 3.63) is 60.2 Å². The van der Waals surface area contributed by atoms with Gasteiger partial charge in [-0.1, -0.05) is 30.3 Å². The second kappa shape index (κ2) is 6.01. The Morgan fingerprint density at radius 1 is 0.913 bits per heavy atom. The van der Waals surface area contributed by atoms with Crippen molar-refractivity contribution in [1.29, 1.82) is 0 Å². The fourth-order valence-electron chi connectivity index (χ4n) is 3.06. The lowest BCUT2D eigenvalue weighted by Crippen LogP contribution is -2.25. The van der Waals surface area contributed by atoms with Crippen LogP contribution in [0.5, 0.6) is 0 Å². The van der Waals surface area contributed by atoms with Crippen LogP contribution in [0.25, 0.3) is 21.5 Å². The highest BCUT2D eigenvalue weighted by Gasteiger charge is 2.19. The number of carbonyl (C=O) groups excluding carboxylic acids is 1. The zero-order valence-corrected chi connectivity index (χ0v) is 12.8. The van der Waals surface area contributed by atoms with E-state index >= 15 is 0 Å². The van der Waals surface area contributed by atoms with E-state index in [1.54, 1.807) is 0 Å². The molecule has 23 heavy (non-hydrogen) atoms. The van der Waals surface area contributed by atoms with Crippen LogP contribution in [0.15, 0.2) is 54.6 Å². The van der Waals surface area contributed by atoms with Crippen LogP contribution >= 0.6 is 0 Å². The second-order valence-electron chi connectivity index (χ2n) is 5.96. The van der Waals surface area contributed by atoms with Crippen molar-refractivity contribution in [3.63, 3.8) is 0 Å². The van der Waals surface area contributed by atoms with E-state index in [2.05, 4.69) is 24.3 Å². The number of carbonyl (C=O) groups is 1. The molecule has 0 spiro atoms. The Kier molecular flexibility index (Phi) is 3.72. The molecule has 1 unspecified atom stereocenters. The average Bonchev–Trinajstić information content (AvgIpc) is 2.60. The standard InChI is InChI=1S/C20H18O3/c21-20(23-19-7-3-4-10-22-19)17-9-8-16-11-14-5-1-2-6-15(14)12-18(16)13-17/h1-2,5-6,8-9,11-13,19H,3-4,7,10H2. The summed E-state index contributed by atoms with van der Waals surface area (Å²) in [5.41, 5.74) is 0.571. The maximum Gasteiger partial charge on any atom is 0.340 e. The Hall–Kier alpha value is -2.39. The summed E-state index contributed by atoms with van der Waals surface area (Å²) in [7, 11) is 0. The molecule has 1 aliphatic rings. The van der Waals surface area contributed by atoms with Gasteiger partial charge in [-0.15, -0.1) is 0 Å². The summed E-state index contributed by atoms with van der Waals surface area (Å²) in [6.45, 7) is 0.668. The van der Waals surface area contributed by atoms with Gasteiger partial charge in [0.05, 0.1) is 12.2 Å². The van der Waals surface area contributed by atoms with Crippen molar-refractivity contribution in [3.8, 4) is 0 Å². The van der Waals surface area contributed by atoms with Crippen molar-refractivity contribution in [1.82, 2.24) is 0 Å². The van der Waals surface area contributed by atoms with E-state index in [9.17, 15) is 4.79 Å². The van der Waals surface area contributed by atoms with Crippen molar-refractivity contribution >= 4 is 27.5 Å². The van der Waals surface area contributed by atoms with Crippen molar-refractivity contribution in [2.75, 3.05) is 6.61 Å². The molecule has 1 fully saturated rings. The van der Waals surface area contributed by atoms with Gasteiger partial charge in [0.2, 0.25) is 6.29 Å². The Balaban J connectivity index is 1.64. The topological polar surface area (TPSA) is 35.5 Å². The number of esters is 1. The normalized spacial score (nSPS) is 18.2. The predicted molar refractivity (Wildman–Crippen MR) is 90.5 cm³/mol. The summed E-state index contributed by atoms with van der Waals surface area (Å²) in [6, 6.07) is 18.2. The molecular weight excluding hydrogens is 288 g/mol. The van der Waals surface area contributed by atoms with E-state index < -0.39 is 6.29 Å². The molecule has 3 aromatic rings. The maximum absolute atomic E-state index is 12.3. The Morgan fingerprint density at radius 3 is 2.39 bits per heavy atom. The van der Waals surface area contributed by atoms with Crippen molar-refractivity contribution in [2.24, 2.45) is 0 Å². The minimum absolute atomic E-state index is 0.313.